The molecule has 0 aromatic carbocycles. The number of rotatable bonds is 1. The average Bonchev–Trinajstić information content (AvgIpc) is 2.03. The van der Waals surface area contributed by atoms with Crippen molar-refractivity contribution in [1.82, 2.24) is 0 Å². The van der Waals surface area contributed by atoms with Crippen molar-refractivity contribution in [3.63, 3.8) is 0 Å². The van der Waals surface area contributed by atoms with Crippen LogP contribution in [0.1, 0.15) is 32.6 Å². The van der Waals surface area contributed by atoms with Gasteiger partial charge >= 0.3 is 5.97 Å². The molecule has 0 spiro atoms. The van der Waals surface area contributed by atoms with Gasteiger partial charge in [0.05, 0.1) is 6.10 Å². The first kappa shape index (κ1) is 10.3. The minimum Gasteiger partial charge on any atom is -0.458 e. The third-order valence-corrected chi connectivity index (χ3v) is 2.10. The first-order valence-corrected chi connectivity index (χ1v) is 4.72. The van der Waals surface area contributed by atoms with Crippen molar-refractivity contribution in [3.8, 4) is 0 Å². The highest BCUT2D eigenvalue weighted by molar-refractivity contribution is 5.66. The molecule has 2 unspecified atom stereocenters. The van der Waals surface area contributed by atoms with Crippen molar-refractivity contribution in [2.75, 3.05) is 0 Å². The lowest BCUT2D eigenvalue weighted by molar-refractivity contribution is -0.144. The van der Waals surface area contributed by atoms with E-state index in [0.29, 0.717) is 0 Å². The predicted molar refractivity (Wildman–Crippen MR) is 49.2 cm³/mol. The van der Waals surface area contributed by atoms with Crippen molar-refractivity contribution < 1.29 is 14.6 Å². The van der Waals surface area contributed by atoms with Gasteiger partial charge in [0.2, 0.25) is 0 Å². The second kappa shape index (κ2) is 5.02. The molecule has 0 heterocycles. The van der Waals surface area contributed by atoms with E-state index in [1.54, 1.807) is 12.2 Å². The molecule has 3 nitrogen and oxygen atoms in total. The number of esters is 1. The Bertz CT molecular complexity index is 198. The zero-order valence-corrected chi connectivity index (χ0v) is 7.90. The summed E-state index contributed by atoms with van der Waals surface area (Å²) in [7, 11) is 0. The van der Waals surface area contributed by atoms with Crippen LogP contribution in [0.25, 0.3) is 0 Å². The molecule has 0 saturated heterocycles. The molecule has 0 amide bonds. The molecule has 0 fully saturated rings. The third kappa shape index (κ3) is 4.08. The van der Waals surface area contributed by atoms with E-state index in [0.717, 1.165) is 25.7 Å². The maximum Gasteiger partial charge on any atom is 0.303 e. The highest BCUT2D eigenvalue weighted by Gasteiger charge is 2.11. The number of hydrogen-bond donors (Lipinski definition) is 1. The fraction of sp³-hybridized carbons (Fsp3) is 0.700. The summed E-state index contributed by atoms with van der Waals surface area (Å²) in [6.45, 7) is 1.41. The highest BCUT2D eigenvalue weighted by atomic mass is 16.5. The highest BCUT2D eigenvalue weighted by Crippen LogP contribution is 2.14. The minimum atomic E-state index is -0.377. The Morgan fingerprint density at radius 1 is 1.38 bits per heavy atom. The molecule has 1 aliphatic rings. The molecule has 0 aromatic rings. The number of carbonyl (C=O) groups is 1. The topological polar surface area (TPSA) is 46.5 Å². The van der Waals surface area contributed by atoms with Gasteiger partial charge < -0.3 is 9.84 Å². The van der Waals surface area contributed by atoms with Crippen molar-refractivity contribution in [2.24, 2.45) is 0 Å². The van der Waals surface area contributed by atoms with E-state index in [9.17, 15) is 9.90 Å². The minimum absolute atomic E-state index is 0.146. The summed E-state index contributed by atoms with van der Waals surface area (Å²) < 4.78 is 5.04. The van der Waals surface area contributed by atoms with Gasteiger partial charge in [-0.05, 0) is 25.3 Å². The lowest BCUT2D eigenvalue weighted by atomic mass is 10.0. The summed E-state index contributed by atoms with van der Waals surface area (Å²) in [5, 5.41) is 9.34. The van der Waals surface area contributed by atoms with Crippen LogP contribution in [0.2, 0.25) is 0 Å². The summed E-state index contributed by atoms with van der Waals surface area (Å²) in [4.78, 5) is 10.7. The van der Waals surface area contributed by atoms with Crippen molar-refractivity contribution in [1.29, 1.82) is 0 Å². The third-order valence-electron chi connectivity index (χ3n) is 2.10. The Kier molecular flexibility index (Phi) is 3.96. The van der Waals surface area contributed by atoms with Gasteiger partial charge in [-0.3, -0.25) is 4.79 Å². The van der Waals surface area contributed by atoms with Crippen LogP contribution in [0.15, 0.2) is 12.2 Å². The number of aliphatic hydroxyl groups excluding tert-OH is 1. The van der Waals surface area contributed by atoms with Crippen LogP contribution in [0, 0.1) is 0 Å². The summed E-state index contributed by atoms with van der Waals surface area (Å²) in [5.41, 5.74) is 0. The standard InChI is InChI=1S/C10H16O3/c1-8(11)13-10-5-3-2-4-9(12)6-7-10/h6-7,9-10,12H,2-5H2,1H3. The number of ether oxygens (including phenoxy) is 1. The van der Waals surface area contributed by atoms with Gasteiger partial charge in [-0.15, -0.1) is 0 Å². The van der Waals surface area contributed by atoms with Gasteiger partial charge in [0.25, 0.3) is 0 Å². The van der Waals surface area contributed by atoms with Crippen LogP contribution in [-0.2, 0) is 9.53 Å². The lowest BCUT2D eigenvalue weighted by Gasteiger charge is -2.16. The van der Waals surface area contributed by atoms with Gasteiger partial charge in [-0.25, -0.2) is 0 Å². The quantitative estimate of drug-likeness (QED) is 0.495. The zero-order chi connectivity index (χ0) is 9.68. The molecular weight excluding hydrogens is 168 g/mol. The fourth-order valence-electron chi connectivity index (χ4n) is 1.46. The van der Waals surface area contributed by atoms with E-state index in [2.05, 4.69) is 0 Å². The van der Waals surface area contributed by atoms with Crippen LogP contribution >= 0.6 is 0 Å². The van der Waals surface area contributed by atoms with Gasteiger partial charge in [-0.1, -0.05) is 12.5 Å². The Balaban J connectivity index is 2.47. The second-order valence-corrected chi connectivity index (χ2v) is 3.38. The van der Waals surface area contributed by atoms with E-state index >= 15 is 0 Å². The first-order valence-electron chi connectivity index (χ1n) is 4.72. The van der Waals surface area contributed by atoms with Gasteiger partial charge in [0, 0.05) is 6.92 Å². The van der Waals surface area contributed by atoms with Crippen LogP contribution in [0.4, 0.5) is 0 Å². The Hall–Kier alpha value is -0.830. The molecule has 0 aliphatic heterocycles. The lowest BCUT2D eigenvalue weighted by Crippen LogP contribution is -2.16. The van der Waals surface area contributed by atoms with E-state index in [-0.39, 0.29) is 18.2 Å². The van der Waals surface area contributed by atoms with E-state index in [4.69, 9.17) is 4.74 Å². The molecule has 0 aromatic heterocycles. The molecule has 0 saturated carbocycles. The van der Waals surface area contributed by atoms with Crippen molar-refractivity contribution in [3.05, 3.63) is 12.2 Å². The van der Waals surface area contributed by atoms with Crippen LogP contribution in [0.5, 0.6) is 0 Å². The maximum atomic E-state index is 10.7. The molecule has 1 N–H and O–H groups in total. The Morgan fingerprint density at radius 3 is 2.77 bits per heavy atom. The fourth-order valence-corrected chi connectivity index (χ4v) is 1.46. The molecule has 1 rings (SSSR count). The summed E-state index contributed by atoms with van der Waals surface area (Å²) >= 11 is 0. The number of carbonyl (C=O) groups excluding carboxylic acids is 1. The van der Waals surface area contributed by atoms with Crippen LogP contribution in [0.3, 0.4) is 0 Å². The Morgan fingerprint density at radius 2 is 2.08 bits per heavy atom. The van der Waals surface area contributed by atoms with Gasteiger partial charge in [0.15, 0.2) is 0 Å². The Labute approximate surface area is 78.4 Å². The molecule has 1 aliphatic carbocycles. The van der Waals surface area contributed by atoms with E-state index in [1.807, 2.05) is 0 Å². The molecular formula is C10H16O3. The SMILES string of the molecule is CC(=O)OC1C=CC(O)CCCC1. The largest absolute Gasteiger partial charge is 0.458 e. The van der Waals surface area contributed by atoms with Crippen LogP contribution in [-0.4, -0.2) is 23.3 Å². The van der Waals surface area contributed by atoms with Gasteiger partial charge in [0.1, 0.15) is 6.10 Å². The van der Waals surface area contributed by atoms with Crippen molar-refractivity contribution in [2.45, 2.75) is 44.8 Å². The van der Waals surface area contributed by atoms with E-state index in [1.165, 1.54) is 6.92 Å². The maximum absolute atomic E-state index is 10.7. The predicted octanol–water partition coefficient (Wildman–Crippen LogP) is 1.41. The number of hydrogen-bond acceptors (Lipinski definition) is 3. The average molecular weight is 184 g/mol. The number of aliphatic hydroxyl groups is 1. The zero-order valence-electron chi connectivity index (χ0n) is 7.90. The summed E-state index contributed by atoms with van der Waals surface area (Å²) in [6.07, 6.45) is 6.64. The first-order chi connectivity index (χ1) is 6.18. The summed E-state index contributed by atoms with van der Waals surface area (Å²) in [6, 6.07) is 0. The molecule has 0 radical (unpaired) electrons. The molecule has 3 heteroatoms. The monoisotopic (exact) mass is 184 g/mol. The smallest absolute Gasteiger partial charge is 0.303 e. The van der Waals surface area contributed by atoms with Crippen LogP contribution < -0.4 is 0 Å². The van der Waals surface area contributed by atoms with E-state index < -0.39 is 0 Å². The molecule has 13 heavy (non-hydrogen) atoms. The molecule has 74 valence electrons. The van der Waals surface area contributed by atoms with Gasteiger partial charge in [-0.2, -0.15) is 0 Å². The molecule has 2 atom stereocenters. The summed E-state index contributed by atoms with van der Waals surface area (Å²) in [5.74, 6) is -0.260. The second-order valence-electron chi connectivity index (χ2n) is 3.38. The normalized spacial score (nSPS) is 29.1. The van der Waals surface area contributed by atoms with Crippen molar-refractivity contribution >= 4 is 5.97 Å². The molecule has 0 bridgehead atoms.